The van der Waals surface area contributed by atoms with Gasteiger partial charge in [0.05, 0.1) is 0 Å². The Kier molecular flexibility index (Phi) is 6.46. The molecule has 152 valence electrons. The van der Waals surface area contributed by atoms with Crippen LogP contribution in [0.15, 0.2) is 36.9 Å². The number of hydrogen-bond donors (Lipinski definition) is 1. The van der Waals surface area contributed by atoms with Gasteiger partial charge in [-0.1, -0.05) is 6.92 Å². The summed E-state index contributed by atoms with van der Waals surface area (Å²) in [4.78, 5) is 15.9. The van der Waals surface area contributed by atoms with Crippen molar-refractivity contribution in [3.05, 3.63) is 53.9 Å². The summed E-state index contributed by atoms with van der Waals surface area (Å²) in [7, 11) is 0. The van der Waals surface area contributed by atoms with Crippen molar-refractivity contribution in [1.29, 1.82) is 0 Å². The van der Waals surface area contributed by atoms with Crippen LogP contribution in [0.25, 0.3) is 0 Å². The molecule has 3 heterocycles. The molecular formula is C23H35N5. The van der Waals surface area contributed by atoms with Crippen LogP contribution in [0.2, 0.25) is 0 Å². The van der Waals surface area contributed by atoms with Crippen molar-refractivity contribution < 1.29 is 0 Å². The van der Waals surface area contributed by atoms with E-state index in [0.717, 1.165) is 44.6 Å². The Morgan fingerprint density at radius 3 is 2.11 bits per heavy atom. The Bertz CT molecular complexity index is 723. The highest BCUT2D eigenvalue weighted by atomic mass is 15.2. The molecule has 1 aliphatic rings. The maximum absolute atomic E-state index is 4.57. The minimum absolute atomic E-state index is 0.115. The second kappa shape index (κ2) is 8.66. The van der Waals surface area contributed by atoms with Gasteiger partial charge in [-0.15, -0.1) is 0 Å². The second-order valence-electron chi connectivity index (χ2n) is 9.47. The Hall–Kier alpha value is -1.85. The average molecular weight is 382 g/mol. The van der Waals surface area contributed by atoms with Crippen LogP contribution in [-0.4, -0.2) is 37.0 Å². The first-order valence-electron chi connectivity index (χ1n) is 10.5. The topological polar surface area (TPSA) is 53.9 Å². The van der Waals surface area contributed by atoms with Gasteiger partial charge < -0.3 is 5.32 Å². The van der Waals surface area contributed by atoms with Crippen LogP contribution in [0.3, 0.4) is 0 Å². The van der Waals surface area contributed by atoms with Gasteiger partial charge in [0.15, 0.2) is 0 Å². The molecule has 0 radical (unpaired) electrons. The number of rotatable bonds is 7. The number of nitrogens with zero attached hydrogens (tertiary/aromatic N) is 4. The van der Waals surface area contributed by atoms with Gasteiger partial charge in [0.1, 0.15) is 5.82 Å². The third kappa shape index (κ3) is 5.82. The van der Waals surface area contributed by atoms with E-state index < -0.39 is 0 Å². The van der Waals surface area contributed by atoms with E-state index >= 15 is 0 Å². The first-order valence-corrected chi connectivity index (χ1v) is 10.5. The third-order valence-corrected chi connectivity index (χ3v) is 5.44. The fraction of sp³-hybridized carbons (Fsp3) is 0.609. The van der Waals surface area contributed by atoms with E-state index in [-0.39, 0.29) is 11.1 Å². The van der Waals surface area contributed by atoms with Crippen molar-refractivity contribution in [3.63, 3.8) is 0 Å². The zero-order valence-electron chi connectivity index (χ0n) is 18.1. The maximum atomic E-state index is 4.57. The van der Waals surface area contributed by atoms with Crippen molar-refractivity contribution in [1.82, 2.24) is 25.2 Å². The second-order valence-corrected chi connectivity index (χ2v) is 9.47. The molecular weight excluding hydrogens is 346 g/mol. The van der Waals surface area contributed by atoms with Crippen LogP contribution in [0.1, 0.15) is 70.8 Å². The first-order chi connectivity index (χ1) is 13.3. The first kappa shape index (κ1) is 20.9. The molecule has 5 nitrogen and oxygen atoms in total. The number of nitrogens with one attached hydrogen (secondary N) is 1. The lowest BCUT2D eigenvalue weighted by Gasteiger charge is -2.49. The Labute approximate surface area is 170 Å². The summed E-state index contributed by atoms with van der Waals surface area (Å²) in [6, 6.07) is 4.73. The van der Waals surface area contributed by atoms with Gasteiger partial charge in [0.25, 0.3) is 0 Å². The molecule has 0 amide bonds. The quantitative estimate of drug-likeness (QED) is 0.781. The summed E-state index contributed by atoms with van der Waals surface area (Å²) in [5.74, 6) is 0.941. The molecule has 1 N–H and O–H groups in total. The molecule has 3 rings (SSSR count). The number of aryl methyl sites for hydroxylation is 1. The molecule has 1 saturated heterocycles. The lowest BCUT2D eigenvalue weighted by Crippen LogP contribution is -2.62. The van der Waals surface area contributed by atoms with Crippen molar-refractivity contribution in [3.8, 4) is 0 Å². The van der Waals surface area contributed by atoms with Gasteiger partial charge in [0, 0.05) is 67.0 Å². The molecule has 0 spiro atoms. The maximum Gasteiger partial charge on any atom is 0.128 e. The van der Waals surface area contributed by atoms with E-state index in [2.05, 4.69) is 71.9 Å². The smallest absolute Gasteiger partial charge is 0.128 e. The lowest BCUT2D eigenvalue weighted by atomic mass is 9.79. The monoisotopic (exact) mass is 381 g/mol. The van der Waals surface area contributed by atoms with Gasteiger partial charge in [-0.05, 0) is 64.7 Å². The predicted octanol–water partition coefficient (Wildman–Crippen LogP) is 4.14. The van der Waals surface area contributed by atoms with E-state index in [9.17, 15) is 0 Å². The summed E-state index contributed by atoms with van der Waals surface area (Å²) in [5, 5.41) is 3.80. The Morgan fingerprint density at radius 1 is 0.964 bits per heavy atom. The fourth-order valence-electron chi connectivity index (χ4n) is 4.61. The summed E-state index contributed by atoms with van der Waals surface area (Å²) in [6.45, 7) is 13.2. The molecule has 1 aliphatic heterocycles. The van der Waals surface area contributed by atoms with Crippen LogP contribution < -0.4 is 5.32 Å². The number of piperidine rings is 1. The van der Waals surface area contributed by atoms with E-state index in [4.69, 9.17) is 0 Å². The minimum Gasteiger partial charge on any atom is -0.307 e. The van der Waals surface area contributed by atoms with Crippen molar-refractivity contribution in [2.45, 2.75) is 90.5 Å². The van der Waals surface area contributed by atoms with Gasteiger partial charge in [-0.3, -0.25) is 9.88 Å². The number of aromatic nitrogens is 3. The van der Waals surface area contributed by atoms with Crippen LogP contribution in [0, 0.1) is 0 Å². The SMILES string of the molecule is CCCc1ncc(CN(Cc2ccncc2)C2CC(C)(C)NC(C)(C)C2)cn1. The van der Waals surface area contributed by atoms with E-state index in [1.54, 1.807) is 0 Å². The van der Waals surface area contributed by atoms with Crippen LogP contribution in [0.4, 0.5) is 0 Å². The molecule has 5 heteroatoms. The van der Waals surface area contributed by atoms with E-state index in [1.165, 1.54) is 11.1 Å². The molecule has 2 aromatic rings. The minimum atomic E-state index is 0.115. The lowest BCUT2D eigenvalue weighted by molar-refractivity contribution is 0.0562. The van der Waals surface area contributed by atoms with Gasteiger partial charge in [-0.25, -0.2) is 9.97 Å². The molecule has 0 aromatic carbocycles. The molecule has 0 unspecified atom stereocenters. The highest BCUT2D eigenvalue weighted by Crippen LogP contribution is 2.33. The molecule has 0 aliphatic carbocycles. The fourth-order valence-corrected chi connectivity index (χ4v) is 4.61. The third-order valence-electron chi connectivity index (χ3n) is 5.44. The largest absolute Gasteiger partial charge is 0.307 e. The highest BCUT2D eigenvalue weighted by Gasteiger charge is 2.39. The van der Waals surface area contributed by atoms with E-state index in [0.29, 0.717) is 6.04 Å². The molecule has 2 aromatic heterocycles. The molecule has 0 bridgehead atoms. The Balaban J connectivity index is 1.82. The van der Waals surface area contributed by atoms with Crippen molar-refractivity contribution in [2.24, 2.45) is 0 Å². The van der Waals surface area contributed by atoms with Gasteiger partial charge in [0.2, 0.25) is 0 Å². The van der Waals surface area contributed by atoms with E-state index in [1.807, 2.05) is 24.8 Å². The summed E-state index contributed by atoms with van der Waals surface area (Å²) >= 11 is 0. The Morgan fingerprint density at radius 2 is 1.54 bits per heavy atom. The highest BCUT2D eigenvalue weighted by molar-refractivity contribution is 5.12. The summed E-state index contributed by atoms with van der Waals surface area (Å²) in [5.41, 5.74) is 2.71. The van der Waals surface area contributed by atoms with Crippen LogP contribution in [0.5, 0.6) is 0 Å². The van der Waals surface area contributed by atoms with Crippen LogP contribution >= 0.6 is 0 Å². The number of pyridine rings is 1. The normalized spacial score (nSPS) is 19.1. The summed E-state index contributed by atoms with van der Waals surface area (Å²) < 4.78 is 0. The van der Waals surface area contributed by atoms with Crippen LogP contribution in [-0.2, 0) is 19.5 Å². The van der Waals surface area contributed by atoms with Gasteiger partial charge >= 0.3 is 0 Å². The predicted molar refractivity (Wildman–Crippen MR) is 114 cm³/mol. The van der Waals surface area contributed by atoms with Crippen molar-refractivity contribution >= 4 is 0 Å². The average Bonchev–Trinajstić information content (AvgIpc) is 2.61. The zero-order valence-corrected chi connectivity index (χ0v) is 18.1. The van der Waals surface area contributed by atoms with Gasteiger partial charge in [-0.2, -0.15) is 0 Å². The molecule has 1 fully saturated rings. The summed E-state index contributed by atoms with van der Waals surface area (Å²) in [6.07, 6.45) is 12.0. The molecule has 0 atom stereocenters. The van der Waals surface area contributed by atoms with Crippen molar-refractivity contribution in [2.75, 3.05) is 0 Å². The number of hydrogen-bond acceptors (Lipinski definition) is 5. The standard InChI is InChI=1S/C23H35N5/c1-6-7-21-25-14-19(15-26-21)17-28(16-18-8-10-24-11-9-18)20-12-22(2,3)27-23(4,5)13-20/h8-11,14-15,20,27H,6-7,12-13,16-17H2,1-5H3. The zero-order chi connectivity index (χ0) is 20.2. The molecule has 0 saturated carbocycles. The molecule has 28 heavy (non-hydrogen) atoms.